The van der Waals surface area contributed by atoms with Crippen molar-refractivity contribution in [2.24, 2.45) is 5.73 Å². The number of benzene rings is 1. The smallest absolute Gasteiger partial charge is 0.266 e. The lowest BCUT2D eigenvalue weighted by Gasteiger charge is -2.23. The molecule has 0 spiro atoms. The minimum absolute atomic E-state index is 0.00332. The van der Waals surface area contributed by atoms with Crippen molar-refractivity contribution in [3.8, 4) is 5.75 Å². The fraction of sp³-hybridized carbons (Fsp3) is 0.577. The van der Waals surface area contributed by atoms with Crippen LogP contribution in [-0.2, 0) is 28.6 Å². The van der Waals surface area contributed by atoms with E-state index < -0.39 is 35.6 Å². The van der Waals surface area contributed by atoms with E-state index >= 15 is 0 Å². The largest absolute Gasteiger partial charge is 0.483 e. The normalized spacial score (nSPS) is 17.2. The molecular formula is C26H36N4O9. The topological polar surface area (TPSA) is 176 Å². The summed E-state index contributed by atoms with van der Waals surface area (Å²) < 4.78 is 21.7. The summed E-state index contributed by atoms with van der Waals surface area (Å²) in [6, 6.07) is 3.40. The first-order valence-corrected chi connectivity index (χ1v) is 13.1. The van der Waals surface area contributed by atoms with Crippen molar-refractivity contribution in [1.29, 1.82) is 0 Å². The molecular weight excluding hydrogens is 512 g/mol. The van der Waals surface area contributed by atoms with E-state index in [-0.39, 0.29) is 36.3 Å². The second kappa shape index (κ2) is 15.9. The molecule has 0 aromatic heterocycles. The first kappa shape index (κ1) is 30.2. The van der Waals surface area contributed by atoms with Crippen LogP contribution in [0.3, 0.4) is 0 Å². The highest BCUT2D eigenvalue weighted by atomic mass is 16.5. The van der Waals surface area contributed by atoms with Gasteiger partial charge in [0.15, 0.2) is 6.61 Å². The number of fused-ring (bicyclic) bond motifs is 1. The monoisotopic (exact) mass is 548 g/mol. The Morgan fingerprint density at radius 3 is 2.38 bits per heavy atom. The van der Waals surface area contributed by atoms with Gasteiger partial charge in [0.1, 0.15) is 11.8 Å². The molecule has 0 radical (unpaired) electrons. The average Bonchev–Trinajstić information content (AvgIpc) is 3.05. The average molecular weight is 549 g/mol. The third-order valence-electron chi connectivity index (χ3n) is 6.05. The summed E-state index contributed by atoms with van der Waals surface area (Å²) in [5.74, 6) is -2.79. The van der Waals surface area contributed by atoms with Gasteiger partial charge in [-0.3, -0.25) is 34.2 Å². The number of hydrogen-bond donors (Lipinski definition) is 3. The molecule has 2 aliphatic heterocycles. The van der Waals surface area contributed by atoms with Gasteiger partial charge in [-0.15, -0.1) is 0 Å². The molecule has 2 heterocycles. The van der Waals surface area contributed by atoms with Crippen LogP contribution in [0.5, 0.6) is 5.75 Å². The molecule has 4 N–H and O–H groups in total. The molecule has 1 unspecified atom stereocenters. The predicted octanol–water partition coefficient (Wildman–Crippen LogP) is -0.238. The number of imide groups is 2. The zero-order valence-corrected chi connectivity index (χ0v) is 21.9. The molecule has 1 saturated heterocycles. The number of hydrogen-bond acceptors (Lipinski definition) is 10. The fourth-order valence-corrected chi connectivity index (χ4v) is 4.12. The Hall–Kier alpha value is -3.39. The van der Waals surface area contributed by atoms with Crippen LogP contribution in [0.2, 0.25) is 0 Å². The van der Waals surface area contributed by atoms with E-state index in [4.69, 9.17) is 24.7 Å². The minimum Gasteiger partial charge on any atom is -0.483 e. The lowest BCUT2D eigenvalue weighted by atomic mass is 10.1. The van der Waals surface area contributed by atoms with Crippen molar-refractivity contribution in [1.82, 2.24) is 15.5 Å². The summed E-state index contributed by atoms with van der Waals surface area (Å²) in [6.45, 7) is 3.56. The van der Waals surface area contributed by atoms with Gasteiger partial charge in [-0.05, 0) is 44.4 Å². The number of nitrogens with one attached hydrogen (secondary N) is 2. The Kier molecular flexibility index (Phi) is 12.3. The van der Waals surface area contributed by atoms with Gasteiger partial charge in [0.25, 0.3) is 17.7 Å². The first-order valence-electron chi connectivity index (χ1n) is 13.1. The summed E-state index contributed by atoms with van der Waals surface area (Å²) in [5.41, 5.74) is 5.46. The SMILES string of the molecule is NCCCOCCOCCOCCCNC(=O)COc1cccc2c1C(=O)N(C1CCCC(=O)NC1=O)C2=O. The van der Waals surface area contributed by atoms with E-state index in [9.17, 15) is 24.0 Å². The molecule has 0 bridgehead atoms. The highest BCUT2D eigenvalue weighted by Crippen LogP contribution is 2.33. The van der Waals surface area contributed by atoms with Gasteiger partial charge in [0.05, 0.1) is 37.6 Å². The molecule has 1 fully saturated rings. The molecule has 2 aliphatic rings. The van der Waals surface area contributed by atoms with Gasteiger partial charge in [-0.2, -0.15) is 0 Å². The Morgan fingerprint density at radius 2 is 1.67 bits per heavy atom. The number of nitrogens with zero attached hydrogens (tertiary/aromatic N) is 1. The molecule has 1 aromatic carbocycles. The van der Waals surface area contributed by atoms with Gasteiger partial charge >= 0.3 is 0 Å². The maximum atomic E-state index is 13.1. The van der Waals surface area contributed by atoms with Crippen molar-refractivity contribution in [2.45, 2.75) is 38.1 Å². The van der Waals surface area contributed by atoms with Gasteiger partial charge in [0.2, 0.25) is 11.8 Å². The number of ether oxygens (including phenoxy) is 4. The quantitative estimate of drug-likeness (QED) is 0.174. The number of amides is 5. The zero-order chi connectivity index (χ0) is 28.0. The second-order valence-electron chi connectivity index (χ2n) is 8.95. The van der Waals surface area contributed by atoms with Crippen molar-refractivity contribution in [3.05, 3.63) is 29.3 Å². The molecule has 13 nitrogen and oxygen atoms in total. The van der Waals surface area contributed by atoms with Crippen LogP contribution in [0.1, 0.15) is 52.8 Å². The van der Waals surface area contributed by atoms with E-state index in [0.717, 1.165) is 11.3 Å². The Balaban J connectivity index is 1.36. The summed E-state index contributed by atoms with van der Waals surface area (Å²) >= 11 is 0. The van der Waals surface area contributed by atoms with Crippen LogP contribution < -0.4 is 21.1 Å². The molecule has 1 aromatic rings. The molecule has 39 heavy (non-hydrogen) atoms. The van der Waals surface area contributed by atoms with Crippen molar-refractivity contribution < 1.29 is 42.9 Å². The standard InChI is InChI=1S/C26H36N4O9/c27-9-3-11-36-13-15-38-16-14-37-12-4-10-28-22(32)17-39-20-7-1-5-18-23(20)26(35)30(25(18)34)19-6-2-8-21(31)29-24(19)33/h1,5,7,19H,2-4,6,8-17,27H2,(H,28,32)(H,29,31,33). The molecule has 214 valence electrons. The summed E-state index contributed by atoms with van der Waals surface area (Å²) in [7, 11) is 0. The van der Waals surface area contributed by atoms with E-state index in [2.05, 4.69) is 10.6 Å². The highest BCUT2D eigenvalue weighted by Gasteiger charge is 2.45. The number of carbonyl (C=O) groups excluding carboxylic acids is 5. The van der Waals surface area contributed by atoms with Gasteiger partial charge in [0, 0.05) is 26.2 Å². The van der Waals surface area contributed by atoms with Crippen molar-refractivity contribution in [2.75, 3.05) is 59.3 Å². The van der Waals surface area contributed by atoms with E-state index in [1.807, 2.05) is 0 Å². The molecule has 13 heteroatoms. The van der Waals surface area contributed by atoms with Gasteiger partial charge in [-0.25, -0.2) is 0 Å². The van der Waals surface area contributed by atoms with Crippen LogP contribution in [0.4, 0.5) is 0 Å². The Morgan fingerprint density at radius 1 is 0.974 bits per heavy atom. The van der Waals surface area contributed by atoms with Gasteiger partial charge in [-0.1, -0.05) is 6.07 Å². The van der Waals surface area contributed by atoms with Crippen LogP contribution >= 0.6 is 0 Å². The number of rotatable bonds is 17. The maximum Gasteiger partial charge on any atom is 0.266 e. The van der Waals surface area contributed by atoms with Crippen molar-refractivity contribution >= 4 is 29.5 Å². The fourth-order valence-electron chi connectivity index (χ4n) is 4.12. The Bertz CT molecular complexity index is 1030. The second-order valence-corrected chi connectivity index (χ2v) is 8.95. The number of nitrogens with two attached hydrogens (primary N) is 1. The first-order chi connectivity index (χ1) is 18.9. The summed E-state index contributed by atoms with van der Waals surface area (Å²) in [5, 5.41) is 4.92. The molecule has 0 saturated carbocycles. The van der Waals surface area contributed by atoms with Crippen molar-refractivity contribution in [3.63, 3.8) is 0 Å². The van der Waals surface area contributed by atoms with Gasteiger partial charge < -0.3 is 30.0 Å². The lowest BCUT2D eigenvalue weighted by molar-refractivity contribution is -0.131. The maximum absolute atomic E-state index is 13.1. The third-order valence-corrected chi connectivity index (χ3v) is 6.05. The minimum atomic E-state index is -1.09. The Labute approximate surface area is 226 Å². The molecule has 5 amide bonds. The third kappa shape index (κ3) is 8.82. The predicted molar refractivity (Wildman–Crippen MR) is 137 cm³/mol. The zero-order valence-electron chi connectivity index (χ0n) is 21.9. The number of carbonyl (C=O) groups is 5. The van der Waals surface area contributed by atoms with Crippen LogP contribution in [0, 0.1) is 0 Å². The highest BCUT2D eigenvalue weighted by molar-refractivity contribution is 6.24. The molecule has 1 atom stereocenters. The molecule has 0 aliphatic carbocycles. The van der Waals surface area contributed by atoms with Crippen LogP contribution in [0.25, 0.3) is 0 Å². The van der Waals surface area contributed by atoms with Crippen LogP contribution in [-0.4, -0.2) is 99.8 Å². The van der Waals surface area contributed by atoms with E-state index in [1.54, 1.807) is 0 Å². The van der Waals surface area contributed by atoms with E-state index in [0.29, 0.717) is 65.6 Å². The lowest BCUT2D eigenvalue weighted by Crippen LogP contribution is -2.49. The summed E-state index contributed by atoms with van der Waals surface area (Å²) in [4.78, 5) is 63.3. The van der Waals surface area contributed by atoms with E-state index in [1.165, 1.54) is 18.2 Å². The summed E-state index contributed by atoms with van der Waals surface area (Å²) in [6.07, 6.45) is 2.10. The molecule has 3 rings (SSSR count). The van der Waals surface area contributed by atoms with Crippen LogP contribution in [0.15, 0.2) is 18.2 Å².